The van der Waals surface area contributed by atoms with E-state index in [1.165, 1.54) is 16.2 Å². The Morgan fingerprint density at radius 2 is 1.70 bits per heavy atom. The van der Waals surface area contributed by atoms with Crippen LogP contribution in [0.2, 0.25) is 0 Å². The van der Waals surface area contributed by atoms with Crippen molar-refractivity contribution in [2.45, 2.75) is 12.5 Å². The molecule has 12 nitrogen and oxygen atoms in total. The second-order valence-electron chi connectivity index (χ2n) is 10.3. The molecule has 2 aromatic carbocycles. The first-order valence-corrected chi connectivity index (χ1v) is 14.4. The van der Waals surface area contributed by atoms with Crippen LogP contribution in [0.5, 0.6) is 23.0 Å². The number of carbonyl (C=O) groups is 2. The van der Waals surface area contributed by atoms with E-state index in [4.69, 9.17) is 33.2 Å². The largest absolute Gasteiger partial charge is 0.497 e. The van der Waals surface area contributed by atoms with Gasteiger partial charge in [-0.05, 0) is 42.0 Å². The quantitative estimate of drug-likeness (QED) is 0.306. The van der Waals surface area contributed by atoms with E-state index in [2.05, 4.69) is 4.90 Å². The zero-order valence-electron chi connectivity index (χ0n) is 25.5. The van der Waals surface area contributed by atoms with Crippen LogP contribution >= 0.6 is 0 Å². The van der Waals surface area contributed by atoms with Crippen molar-refractivity contribution < 1.29 is 37.7 Å². The van der Waals surface area contributed by atoms with Gasteiger partial charge in [-0.1, -0.05) is 6.07 Å². The number of hydrogen-bond donors (Lipinski definition) is 0. The van der Waals surface area contributed by atoms with Gasteiger partial charge in [0, 0.05) is 44.2 Å². The minimum Gasteiger partial charge on any atom is -0.497 e. The number of nitrogens with zero attached hydrogens (tertiary/aromatic N) is 4. The van der Waals surface area contributed by atoms with Crippen LogP contribution in [0.3, 0.4) is 0 Å². The minimum atomic E-state index is -0.469. The van der Waals surface area contributed by atoms with Crippen molar-refractivity contribution in [2.24, 2.45) is 5.10 Å². The minimum absolute atomic E-state index is 0.171. The standard InChI is InChI=1S/C32H38N4O8/c1-39-23-8-9-24(29(19-23)41-3)25-20-26(22-7-10-27(40-2)30(18-22)42-4)36(33-25)31(37)21-35(32(38)28-6-5-15-44-28)12-11-34-13-16-43-17-14-34/h5-10,15,18-19,26H,11-14,16-17,20-21H2,1-4H3/t26-/m0/s1. The van der Waals surface area contributed by atoms with Crippen molar-refractivity contribution in [3.05, 3.63) is 71.7 Å². The van der Waals surface area contributed by atoms with E-state index >= 15 is 0 Å². The molecule has 1 fully saturated rings. The third-order valence-electron chi connectivity index (χ3n) is 7.81. The molecule has 1 atom stereocenters. The Morgan fingerprint density at radius 3 is 2.39 bits per heavy atom. The molecular formula is C32H38N4O8. The van der Waals surface area contributed by atoms with Gasteiger partial charge in [-0.2, -0.15) is 5.10 Å². The highest BCUT2D eigenvalue weighted by Gasteiger charge is 2.36. The van der Waals surface area contributed by atoms with Crippen LogP contribution in [0.1, 0.15) is 34.1 Å². The van der Waals surface area contributed by atoms with Crippen LogP contribution in [-0.4, -0.2) is 107 Å². The molecule has 12 heteroatoms. The third kappa shape index (κ3) is 6.81. The summed E-state index contributed by atoms with van der Waals surface area (Å²) in [7, 11) is 6.30. The molecule has 0 saturated carbocycles. The Balaban J connectivity index is 1.46. The van der Waals surface area contributed by atoms with E-state index in [9.17, 15) is 9.59 Å². The van der Waals surface area contributed by atoms with Gasteiger partial charge in [0.2, 0.25) is 0 Å². The Kier molecular flexibility index (Phi) is 10.0. The van der Waals surface area contributed by atoms with Crippen LogP contribution in [0, 0.1) is 0 Å². The summed E-state index contributed by atoms with van der Waals surface area (Å²) in [5, 5.41) is 6.28. The highest BCUT2D eigenvalue weighted by molar-refractivity contribution is 6.05. The van der Waals surface area contributed by atoms with E-state index in [0.29, 0.717) is 61.4 Å². The Hall–Kier alpha value is -4.55. The maximum Gasteiger partial charge on any atom is 0.290 e. The second-order valence-corrected chi connectivity index (χ2v) is 10.3. The molecule has 5 rings (SSSR count). The number of rotatable bonds is 12. The lowest BCUT2D eigenvalue weighted by Crippen LogP contribution is -2.46. The zero-order chi connectivity index (χ0) is 31.1. The van der Waals surface area contributed by atoms with Crippen LogP contribution in [0.15, 0.2) is 64.3 Å². The summed E-state index contributed by atoms with van der Waals surface area (Å²) >= 11 is 0. The average molecular weight is 607 g/mol. The van der Waals surface area contributed by atoms with E-state index in [-0.39, 0.29) is 24.1 Å². The van der Waals surface area contributed by atoms with E-state index < -0.39 is 6.04 Å². The first-order valence-electron chi connectivity index (χ1n) is 14.4. The summed E-state index contributed by atoms with van der Waals surface area (Å²) in [6.45, 7) is 3.55. The van der Waals surface area contributed by atoms with Crippen molar-refractivity contribution in [3.8, 4) is 23.0 Å². The predicted molar refractivity (Wildman–Crippen MR) is 162 cm³/mol. The predicted octanol–water partition coefficient (Wildman–Crippen LogP) is 3.47. The molecule has 0 bridgehead atoms. The summed E-state index contributed by atoms with van der Waals surface area (Å²) in [6, 6.07) is 13.8. The fourth-order valence-electron chi connectivity index (χ4n) is 5.39. The number of hydrogen-bond acceptors (Lipinski definition) is 10. The lowest BCUT2D eigenvalue weighted by atomic mass is 9.97. The number of amides is 2. The number of methoxy groups -OCH3 is 4. The Labute approximate surface area is 256 Å². The lowest BCUT2D eigenvalue weighted by molar-refractivity contribution is -0.133. The highest BCUT2D eigenvalue weighted by Crippen LogP contribution is 2.39. The van der Waals surface area contributed by atoms with Gasteiger partial charge in [-0.15, -0.1) is 0 Å². The SMILES string of the molecule is COc1ccc(C2=NN(C(=O)CN(CCN3CCOCC3)C(=O)c3ccco3)[C@H](c3ccc(OC)c(OC)c3)C2)c(OC)c1. The monoisotopic (exact) mass is 606 g/mol. The summed E-state index contributed by atoms with van der Waals surface area (Å²) < 4.78 is 32.9. The number of carbonyl (C=O) groups excluding carboxylic acids is 2. The maximum atomic E-state index is 14.1. The maximum absolute atomic E-state index is 14.1. The van der Waals surface area contributed by atoms with Crippen molar-refractivity contribution in [2.75, 3.05) is 74.4 Å². The van der Waals surface area contributed by atoms with E-state index in [0.717, 1.165) is 24.2 Å². The molecule has 0 N–H and O–H groups in total. The molecule has 2 amide bonds. The fraction of sp³-hybridized carbons (Fsp3) is 0.406. The number of hydrazone groups is 1. The summed E-state index contributed by atoms with van der Waals surface area (Å²) in [5.41, 5.74) is 2.21. The molecule has 3 aromatic rings. The average Bonchev–Trinajstić information content (AvgIpc) is 3.77. The van der Waals surface area contributed by atoms with Gasteiger partial charge in [0.25, 0.3) is 11.8 Å². The Bertz CT molecular complexity index is 1470. The molecule has 3 heterocycles. The van der Waals surface area contributed by atoms with Gasteiger partial charge in [-0.25, -0.2) is 5.01 Å². The van der Waals surface area contributed by atoms with E-state index in [1.54, 1.807) is 52.7 Å². The van der Waals surface area contributed by atoms with Crippen LogP contribution < -0.4 is 18.9 Å². The first-order chi connectivity index (χ1) is 21.4. The number of furan rings is 1. The Morgan fingerprint density at radius 1 is 0.932 bits per heavy atom. The van der Waals surface area contributed by atoms with Gasteiger partial charge in [0.1, 0.15) is 18.0 Å². The third-order valence-corrected chi connectivity index (χ3v) is 7.81. The normalized spacial score (nSPS) is 16.8. The van der Waals surface area contributed by atoms with Gasteiger partial charge in [0.05, 0.1) is 59.7 Å². The van der Waals surface area contributed by atoms with Crippen LogP contribution in [-0.2, 0) is 9.53 Å². The molecule has 1 aromatic heterocycles. The summed E-state index contributed by atoms with van der Waals surface area (Å²) in [4.78, 5) is 31.3. The molecule has 2 aliphatic heterocycles. The highest BCUT2D eigenvalue weighted by atomic mass is 16.5. The topological polar surface area (TPSA) is 116 Å². The van der Waals surface area contributed by atoms with Gasteiger partial charge < -0.3 is 33.0 Å². The lowest BCUT2D eigenvalue weighted by Gasteiger charge is -2.30. The summed E-state index contributed by atoms with van der Waals surface area (Å²) in [6.07, 6.45) is 1.85. The second kappa shape index (κ2) is 14.3. The van der Waals surface area contributed by atoms with Crippen molar-refractivity contribution in [3.63, 3.8) is 0 Å². The molecule has 2 aliphatic rings. The number of morpholine rings is 1. The molecule has 234 valence electrons. The zero-order valence-corrected chi connectivity index (χ0v) is 25.5. The molecule has 44 heavy (non-hydrogen) atoms. The molecule has 0 aliphatic carbocycles. The van der Waals surface area contributed by atoms with Gasteiger partial charge in [-0.3, -0.25) is 14.5 Å². The fourth-order valence-corrected chi connectivity index (χ4v) is 5.39. The molecule has 0 spiro atoms. The number of benzene rings is 2. The van der Waals surface area contributed by atoms with Crippen molar-refractivity contribution in [1.82, 2.24) is 14.8 Å². The van der Waals surface area contributed by atoms with Crippen molar-refractivity contribution >= 4 is 17.5 Å². The van der Waals surface area contributed by atoms with E-state index in [1.807, 2.05) is 24.3 Å². The van der Waals surface area contributed by atoms with Crippen LogP contribution in [0.25, 0.3) is 0 Å². The van der Waals surface area contributed by atoms with Gasteiger partial charge >= 0.3 is 0 Å². The smallest absolute Gasteiger partial charge is 0.290 e. The molecule has 1 saturated heterocycles. The molecular weight excluding hydrogens is 568 g/mol. The first kappa shape index (κ1) is 30.9. The van der Waals surface area contributed by atoms with Crippen LogP contribution in [0.4, 0.5) is 0 Å². The molecule has 0 unspecified atom stereocenters. The molecule has 0 radical (unpaired) electrons. The van der Waals surface area contributed by atoms with Gasteiger partial charge in [0.15, 0.2) is 17.3 Å². The van der Waals surface area contributed by atoms with Crippen molar-refractivity contribution in [1.29, 1.82) is 0 Å². The number of ether oxygens (including phenoxy) is 5. The summed E-state index contributed by atoms with van der Waals surface area (Å²) in [5.74, 6) is 1.79.